The first-order chi connectivity index (χ1) is 13.1. The zero-order chi connectivity index (χ0) is 18.8. The number of carbonyl (C=O) groups excluding carboxylic acids is 1. The number of hydrogen-bond acceptors (Lipinski definition) is 4. The van der Waals surface area contributed by atoms with Crippen molar-refractivity contribution < 1.29 is 9.18 Å². The second-order valence-corrected chi connectivity index (χ2v) is 6.08. The summed E-state index contributed by atoms with van der Waals surface area (Å²) in [7, 11) is 0. The van der Waals surface area contributed by atoms with E-state index in [1.807, 2.05) is 37.3 Å². The van der Waals surface area contributed by atoms with E-state index in [9.17, 15) is 9.18 Å². The number of pyridine rings is 3. The van der Waals surface area contributed by atoms with E-state index in [2.05, 4.69) is 20.3 Å². The number of nitrogens with one attached hydrogen (secondary N) is 1. The molecule has 27 heavy (non-hydrogen) atoms. The fourth-order valence-corrected chi connectivity index (χ4v) is 2.89. The van der Waals surface area contributed by atoms with E-state index in [4.69, 9.17) is 0 Å². The second-order valence-electron chi connectivity index (χ2n) is 6.08. The third kappa shape index (κ3) is 3.37. The van der Waals surface area contributed by atoms with Gasteiger partial charge in [-0.05, 0) is 48.4 Å². The van der Waals surface area contributed by atoms with Crippen LogP contribution in [0.3, 0.4) is 0 Å². The Morgan fingerprint density at radius 2 is 1.89 bits per heavy atom. The summed E-state index contributed by atoms with van der Waals surface area (Å²) in [6.07, 6.45) is 4.56. The Kier molecular flexibility index (Phi) is 4.30. The third-order valence-electron chi connectivity index (χ3n) is 4.25. The molecule has 1 aromatic carbocycles. The number of fused-ring (bicyclic) bond motifs is 1. The van der Waals surface area contributed by atoms with Crippen molar-refractivity contribution in [3.63, 3.8) is 0 Å². The van der Waals surface area contributed by atoms with Crippen molar-refractivity contribution in [1.82, 2.24) is 15.0 Å². The van der Waals surface area contributed by atoms with Crippen LogP contribution in [0.1, 0.15) is 16.1 Å². The lowest BCUT2D eigenvalue weighted by molar-refractivity contribution is 0.102. The molecule has 0 bridgehead atoms. The van der Waals surface area contributed by atoms with Crippen molar-refractivity contribution in [1.29, 1.82) is 0 Å². The zero-order valence-electron chi connectivity index (χ0n) is 14.5. The van der Waals surface area contributed by atoms with Crippen molar-refractivity contribution in [2.75, 3.05) is 5.32 Å². The van der Waals surface area contributed by atoms with Gasteiger partial charge in [-0.1, -0.05) is 18.2 Å². The first-order valence-electron chi connectivity index (χ1n) is 8.35. The highest BCUT2D eigenvalue weighted by Crippen LogP contribution is 2.30. The maximum atomic E-state index is 13.0. The van der Waals surface area contributed by atoms with Gasteiger partial charge in [-0.15, -0.1) is 0 Å². The molecule has 4 rings (SSSR count). The molecule has 0 aliphatic heterocycles. The summed E-state index contributed by atoms with van der Waals surface area (Å²) >= 11 is 0. The molecule has 0 unspecified atom stereocenters. The van der Waals surface area contributed by atoms with Gasteiger partial charge in [-0.3, -0.25) is 9.78 Å². The van der Waals surface area contributed by atoms with Gasteiger partial charge < -0.3 is 5.32 Å². The number of halogens is 1. The van der Waals surface area contributed by atoms with Crippen LogP contribution in [0.15, 0.2) is 67.1 Å². The highest BCUT2D eigenvalue weighted by Gasteiger charge is 2.15. The summed E-state index contributed by atoms with van der Waals surface area (Å²) in [5, 5.41) is 3.58. The Hall–Kier alpha value is -3.67. The second kappa shape index (κ2) is 6.92. The minimum atomic E-state index is -0.467. The van der Waals surface area contributed by atoms with E-state index < -0.39 is 11.7 Å². The van der Waals surface area contributed by atoms with E-state index in [0.717, 1.165) is 28.3 Å². The Labute approximate surface area is 154 Å². The van der Waals surface area contributed by atoms with Crippen LogP contribution in [0, 0.1) is 12.7 Å². The monoisotopic (exact) mass is 358 g/mol. The lowest BCUT2D eigenvalue weighted by atomic mass is 9.98. The summed E-state index contributed by atoms with van der Waals surface area (Å²) in [5.74, 6) is -0.621. The van der Waals surface area contributed by atoms with Crippen LogP contribution in [-0.2, 0) is 0 Å². The molecule has 0 atom stereocenters. The fourth-order valence-electron chi connectivity index (χ4n) is 2.89. The molecule has 4 aromatic rings. The van der Waals surface area contributed by atoms with Crippen molar-refractivity contribution in [2.45, 2.75) is 6.92 Å². The van der Waals surface area contributed by atoms with Crippen LogP contribution in [0.4, 0.5) is 10.2 Å². The van der Waals surface area contributed by atoms with Crippen LogP contribution in [0.25, 0.3) is 22.0 Å². The number of hydrogen-bond donors (Lipinski definition) is 1. The molecule has 3 aromatic heterocycles. The van der Waals surface area contributed by atoms with E-state index in [1.165, 1.54) is 12.1 Å². The van der Waals surface area contributed by atoms with Gasteiger partial charge in [0.25, 0.3) is 5.91 Å². The lowest BCUT2D eigenvalue weighted by Gasteiger charge is -2.11. The summed E-state index contributed by atoms with van der Waals surface area (Å²) in [4.78, 5) is 25.2. The first kappa shape index (κ1) is 16.8. The Balaban J connectivity index is 1.81. The number of benzene rings is 1. The maximum absolute atomic E-state index is 13.0. The summed E-state index contributed by atoms with van der Waals surface area (Å²) < 4.78 is 13.0. The average Bonchev–Trinajstić information content (AvgIpc) is 2.69. The van der Waals surface area contributed by atoms with E-state index >= 15 is 0 Å². The standard InChI is InChI=1S/C21H15FN4O/c1-13-8-9-23-12-17(13)16-10-19(25-18-5-3-2-4-15(16)18)21(27)26-20-7-6-14(22)11-24-20/h2-12H,1H3,(H,24,26,27). The number of anilines is 1. The number of aryl methyl sites for hydroxylation is 1. The van der Waals surface area contributed by atoms with Gasteiger partial charge in [-0.25, -0.2) is 14.4 Å². The summed E-state index contributed by atoms with van der Waals surface area (Å²) in [5.41, 5.74) is 3.81. The number of nitrogens with zero attached hydrogens (tertiary/aromatic N) is 3. The minimum Gasteiger partial charge on any atom is -0.305 e. The number of carbonyl (C=O) groups is 1. The van der Waals surface area contributed by atoms with Gasteiger partial charge in [0.1, 0.15) is 17.3 Å². The molecule has 3 heterocycles. The van der Waals surface area contributed by atoms with Crippen molar-refractivity contribution in [3.05, 3.63) is 84.2 Å². The highest BCUT2D eigenvalue weighted by atomic mass is 19.1. The molecule has 0 radical (unpaired) electrons. The minimum absolute atomic E-state index is 0.248. The van der Waals surface area contributed by atoms with E-state index in [0.29, 0.717) is 5.52 Å². The summed E-state index contributed by atoms with van der Waals surface area (Å²) in [6.45, 7) is 1.99. The van der Waals surface area contributed by atoms with Crippen LogP contribution in [0.2, 0.25) is 0 Å². The normalized spacial score (nSPS) is 10.7. The van der Waals surface area contributed by atoms with Crippen molar-refractivity contribution >= 4 is 22.6 Å². The predicted octanol–water partition coefficient (Wildman–Crippen LogP) is 4.39. The van der Waals surface area contributed by atoms with Crippen LogP contribution >= 0.6 is 0 Å². The van der Waals surface area contributed by atoms with Gasteiger partial charge in [-0.2, -0.15) is 0 Å². The quantitative estimate of drug-likeness (QED) is 0.590. The van der Waals surface area contributed by atoms with E-state index in [-0.39, 0.29) is 11.5 Å². The number of rotatable bonds is 3. The Morgan fingerprint density at radius 1 is 1.04 bits per heavy atom. The fraction of sp³-hybridized carbons (Fsp3) is 0.0476. The lowest BCUT2D eigenvalue weighted by Crippen LogP contribution is -2.15. The Bertz CT molecular complexity index is 1140. The van der Waals surface area contributed by atoms with Gasteiger partial charge in [0.05, 0.1) is 11.7 Å². The molecule has 0 saturated heterocycles. The van der Waals surface area contributed by atoms with Gasteiger partial charge >= 0.3 is 0 Å². The number of amides is 1. The molecule has 1 amide bonds. The zero-order valence-corrected chi connectivity index (χ0v) is 14.5. The van der Waals surface area contributed by atoms with E-state index in [1.54, 1.807) is 18.5 Å². The molecular weight excluding hydrogens is 343 g/mol. The van der Waals surface area contributed by atoms with Crippen LogP contribution in [-0.4, -0.2) is 20.9 Å². The van der Waals surface area contributed by atoms with Gasteiger partial charge in [0, 0.05) is 23.3 Å². The highest BCUT2D eigenvalue weighted by molar-refractivity contribution is 6.06. The Morgan fingerprint density at radius 3 is 2.67 bits per heavy atom. The van der Waals surface area contributed by atoms with Crippen LogP contribution in [0.5, 0.6) is 0 Å². The first-order valence-corrected chi connectivity index (χ1v) is 8.35. The molecule has 0 spiro atoms. The van der Waals surface area contributed by atoms with Crippen LogP contribution < -0.4 is 5.32 Å². The summed E-state index contributed by atoms with van der Waals surface area (Å²) in [6, 6.07) is 13.9. The molecule has 6 heteroatoms. The predicted molar refractivity (Wildman–Crippen MR) is 102 cm³/mol. The average molecular weight is 358 g/mol. The molecule has 0 aliphatic rings. The molecule has 0 aliphatic carbocycles. The smallest absolute Gasteiger partial charge is 0.275 e. The molecule has 1 N–H and O–H groups in total. The molecule has 0 fully saturated rings. The van der Waals surface area contributed by atoms with Crippen molar-refractivity contribution in [3.8, 4) is 11.1 Å². The van der Waals surface area contributed by atoms with Crippen molar-refractivity contribution in [2.24, 2.45) is 0 Å². The number of para-hydroxylation sites is 1. The molecule has 132 valence electrons. The molecule has 0 saturated carbocycles. The van der Waals surface area contributed by atoms with Gasteiger partial charge in [0.2, 0.25) is 0 Å². The topological polar surface area (TPSA) is 67.8 Å². The molecule has 5 nitrogen and oxygen atoms in total. The third-order valence-corrected chi connectivity index (χ3v) is 4.25. The maximum Gasteiger partial charge on any atom is 0.275 e. The largest absolute Gasteiger partial charge is 0.305 e. The molecular formula is C21H15FN4O. The SMILES string of the molecule is Cc1ccncc1-c1cc(C(=O)Nc2ccc(F)cn2)nc2ccccc12. The number of aromatic nitrogens is 3. The van der Waals surface area contributed by atoms with Gasteiger partial charge in [0.15, 0.2) is 0 Å².